The Kier molecular flexibility index (Phi) is 6.02. The molecule has 112 valence electrons. The highest BCUT2D eigenvalue weighted by Crippen LogP contribution is 2.16. The predicted molar refractivity (Wildman–Crippen MR) is 85.0 cm³/mol. The first kappa shape index (κ1) is 15.8. The monoisotopic (exact) mass is 324 g/mol. The summed E-state index contributed by atoms with van der Waals surface area (Å²) in [6.07, 6.45) is 1.01. The molecule has 0 spiro atoms. The van der Waals surface area contributed by atoms with Crippen LogP contribution in [0, 0.1) is 0 Å². The third kappa shape index (κ3) is 5.73. The number of thiazole rings is 1. The van der Waals surface area contributed by atoms with Crippen LogP contribution >= 0.6 is 22.9 Å². The molecule has 0 radical (unpaired) electrons. The summed E-state index contributed by atoms with van der Waals surface area (Å²) in [5.74, 6) is 0.748. The SMILES string of the molecule is C[C@H](CNC(=O)CCc1cscn1)Oc1ccc(Cl)cc1. The smallest absolute Gasteiger partial charge is 0.220 e. The number of rotatable bonds is 7. The first-order valence-electron chi connectivity index (χ1n) is 6.69. The van der Waals surface area contributed by atoms with E-state index in [4.69, 9.17) is 16.3 Å². The Hall–Kier alpha value is -1.59. The van der Waals surface area contributed by atoms with Crippen molar-refractivity contribution in [1.82, 2.24) is 10.3 Å². The summed E-state index contributed by atoms with van der Waals surface area (Å²) < 4.78 is 5.69. The number of nitrogens with one attached hydrogen (secondary N) is 1. The Bertz CT molecular complexity index is 558. The molecule has 0 aliphatic heterocycles. The standard InChI is InChI=1S/C15H17ClN2O2S/c1-11(20-14-5-2-12(16)3-6-14)8-17-15(19)7-4-13-9-21-10-18-13/h2-3,5-6,9-11H,4,7-8H2,1H3,(H,17,19)/t11-/m1/s1. The van der Waals surface area contributed by atoms with Crippen molar-refractivity contribution in [2.75, 3.05) is 6.54 Å². The molecule has 0 aliphatic carbocycles. The number of aryl methyl sites for hydroxylation is 1. The van der Waals surface area contributed by atoms with Crippen molar-refractivity contribution in [3.63, 3.8) is 0 Å². The average molecular weight is 325 g/mol. The van der Waals surface area contributed by atoms with Gasteiger partial charge in [0.25, 0.3) is 0 Å². The fourth-order valence-corrected chi connectivity index (χ4v) is 2.45. The Balaban J connectivity index is 1.67. The molecule has 21 heavy (non-hydrogen) atoms. The van der Waals surface area contributed by atoms with E-state index < -0.39 is 0 Å². The van der Waals surface area contributed by atoms with Gasteiger partial charge in [0.2, 0.25) is 5.91 Å². The van der Waals surface area contributed by atoms with Crippen LogP contribution in [0.2, 0.25) is 5.02 Å². The van der Waals surface area contributed by atoms with E-state index in [2.05, 4.69) is 10.3 Å². The molecule has 2 aromatic rings. The second kappa shape index (κ2) is 8.00. The molecule has 0 bridgehead atoms. The molecule has 0 saturated carbocycles. The number of hydrogen-bond donors (Lipinski definition) is 1. The highest BCUT2D eigenvalue weighted by atomic mass is 35.5. The molecule has 0 unspecified atom stereocenters. The molecule has 2 rings (SSSR count). The largest absolute Gasteiger partial charge is 0.489 e. The van der Waals surface area contributed by atoms with Crippen molar-refractivity contribution >= 4 is 28.8 Å². The van der Waals surface area contributed by atoms with Gasteiger partial charge in [0.1, 0.15) is 11.9 Å². The number of amides is 1. The zero-order valence-corrected chi connectivity index (χ0v) is 13.3. The Labute approximate surface area is 133 Å². The van der Waals surface area contributed by atoms with E-state index in [0.717, 1.165) is 11.4 Å². The molecule has 6 heteroatoms. The molecular formula is C15H17ClN2O2S. The maximum atomic E-state index is 11.7. The molecular weight excluding hydrogens is 308 g/mol. The highest BCUT2D eigenvalue weighted by Gasteiger charge is 2.08. The lowest BCUT2D eigenvalue weighted by Crippen LogP contribution is -2.33. The molecule has 0 saturated heterocycles. The predicted octanol–water partition coefficient (Wildman–Crippen LogP) is 3.31. The summed E-state index contributed by atoms with van der Waals surface area (Å²) in [7, 11) is 0. The first-order chi connectivity index (χ1) is 10.1. The normalized spacial score (nSPS) is 11.9. The third-order valence-electron chi connectivity index (χ3n) is 2.83. The van der Waals surface area contributed by atoms with Crippen molar-refractivity contribution < 1.29 is 9.53 Å². The van der Waals surface area contributed by atoms with Gasteiger partial charge in [-0.15, -0.1) is 11.3 Å². The molecule has 1 aromatic heterocycles. The first-order valence-corrected chi connectivity index (χ1v) is 8.01. The number of halogens is 1. The van der Waals surface area contributed by atoms with E-state index in [-0.39, 0.29) is 12.0 Å². The zero-order chi connectivity index (χ0) is 15.1. The summed E-state index contributed by atoms with van der Waals surface area (Å²) >= 11 is 7.35. The molecule has 1 atom stereocenters. The van der Waals surface area contributed by atoms with Crippen LogP contribution in [0.4, 0.5) is 0 Å². The quantitative estimate of drug-likeness (QED) is 0.850. The van der Waals surface area contributed by atoms with Crippen LogP contribution in [0.15, 0.2) is 35.2 Å². The summed E-state index contributed by atoms with van der Waals surface area (Å²) in [5, 5.41) is 5.49. The molecule has 0 fully saturated rings. The minimum absolute atomic E-state index is 0.00885. The maximum absolute atomic E-state index is 11.7. The maximum Gasteiger partial charge on any atom is 0.220 e. The lowest BCUT2D eigenvalue weighted by molar-refractivity contribution is -0.121. The van der Waals surface area contributed by atoms with Gasteiger partial charge in [-0.2, -0.15) is 0 Å². The summed E-state index contributed by atoms with van der Waals surface area (Å²) in [6.45, 7) is 2.38. The van der Waals surface area contributed by atoms with Gasteiger partial charge in [-0.3, -0.25) is 4.79 Å². The second-order valence-electron chi connectivity index (χ2n) is 4.67. The van der Waals surface area contributed by atoms with Gasteiger partial charge in [-0.05, 0) is 37.6 Å². The van der Waals surface area contributed by atoms with Gasteiger partial charge in [-0.25, -0.2) is 4.98 Å². The van der Waals surface area contributed by atoms with Crippen molar-refractivity contribution in [2.45, 2.75) is 25.9 Å². The number of hydrogen-bond acceptors (Lipinski definition) is 4. The fourth-order valence-electron chi connectivity index (χ4n) is 1.74. The van der Waals surface area contributed by atoms with Crippen LogP contribution in [0.1, 0.15) is 19.0 Å². The Morgan fingerprint density at radius 3 is 2.86 bits per heavy atom. The Morgan fingerprint density at radius 1 is 1.43 bits per heavy atom. The van der Waals surface area contributed by atoms with E-state index in [9.17, 15) is 4.79 Å². The minimum Gasteiger partial charge on any atom is -0.489 e. The van der Waals surface area contributed by atoms with E-state index in [1.165, 1.54) is 11.3 Å². The third-order valence-corrected chi connectivity index (χ3v) is 3.72. The lowest BCUT2D eigenvalue weighted by atomic mass is 10.2. The molecule has 0 aliphatic rings. The van der Waals surface area contributed by atoms with E-state index in [1.807, 2.05) is 24.4 Å². The molecule has 1 aromatic carbocycles. The van der Waals surface area contributed by atoms with Crippen LogP contribution in [-0.4, -0.2) is 23.5 Å². The van der Waals surface area contributed by atoms with Crippen molar-refractivity contribution in [3.05, 3.63) is 45.9 Å². The van der Waals surface area contributed by atoms with Crippen molar-refractivity contribution in [1.29, 1.82) is 0 Å². The van der Waals surface area contributed by atoms with Gasteiger partial charge < -0.3 is 10.1 Å². The van der Waals surface area contributed by atoms with Crippen LogP contribution in [0.5, 0.6) is 5.75 Å². The van der Waals surface area contributed by atoms with E-state index in [0.29, 0.717) is 24.4 Å². The van der Waals surface area contributed by atoms with Gasteiger partial charge in [0, 0.05) is 16.8 Å². The fraction of sp³-hybridized carbons (Fsp3) is 0.333. The second-order valence-corrected chi connectivity index (χ2v) is 5.82. The highest BCUT2D eigenvalue weighted by molar-refractivity contribution is 7.07. The van der Waals surface area contributed by atoms with E-state index in [1.54, 1.807) is 17.6 Å². The summed E-state index contributed by atoms with van der Waals surface area (Å²) in [4.78, 5) is 15.9. The van der Waals surface area contributed by atoms with Crippen LogP contribution in [0.3, 0.4) is 0 Å². The molecule has 1 N–H and O–H groups in total. The number of benzene rings is 1. The van der Waals surface area contributed by atoms with Gasteiger partial charge in [0.15, 0.2) is 0 Å². The van der Waals surface area contributed by atoms with Crippen LogP contribution in [-0.2, 0) is 11.2 Å². The number of aromatic nitrogens is 1. The average Bonchev–Trinajstić information content (AvgIpc) is 2.99. The number of nitrogens with zero attached hydrogens (tertiary/aromatic N) is 1. The number of carbonyl (C=O) groups is 1. The van der Waals surface area contributed by atoms with Crippen LogP contribution in [0.25, 0.3) is 0 Å². The zero-order valence-electron chi connectivity index (χ0n) is 11.7. The van der Waals surface area contributed by atoms with Crippen molar-refractivity contribution in [2.24, 2.45) is 0 Å². The summed E-state index contributed by atoms with van der Waals surface area (Å²) in [6, 6.07) is 7.16. The molecule has 1 amide bonds. The van der Waals surface area contributed by atoms with E-state index >= 15 is 0 Å². The lowest BCUT2D eigenvalue weighted by Gasteiger charge is -2.15. The minimum atomic E-state index is -0.102. The topological polar surface area (TPSA) is 51.2 Å². The van der Waals surface area contributed by atoms with Crippen molar-refractivity contribution in [3.8, 4) is 5.75 Å². The summed E-state index contributed by atoms with van der Waals surface area (Å²) in [5.41, 5.74) is 2.73. The number of ether oxygens (including phenoxy) is 1. The molecule has 4 nitrogen and oxygen atoms in total. The van der Waals surface area contributed by atoms with Gasteiger partial charge in [-0.1, -0.05) is 11.6 Å². The Morgan fingerprint density at radius 2 is 2.19 bits per heavy atom. The number of carbonyl (C=O) groups excluding carboxylic acids is 1. The molecule has 1 heterocycles. The van der Waals surface area contributed by atoms with Gasteiger partial charge in [0.05, 0.1) is 17.7 Å². The van der Waals surface area contributed by atoms with Gasteiger partial charge >= 0.3 is 0 Å². The van der Waals surface area contributed by atoms with Crippen LogP contribution < -0.4 is 10.1 Å².